The minimum absolute atomic E-state index is 0.196. The van der Waals surface area contributed by atoms with E-state index in [1.807, 2.05) is 60.3 Å². The van der Waals surface area contributed by atoms with Gasteiger partial charge < -0.3 is 15.0 Å². The van der Waals surface area contributed by atoms with Gasteiger partial charge in [-0.05, 0) is 51.7 Å². The molecular weight excluding hydrogens is 448 g/mol. The molecule has 0 amide bonds. The Morgan fingerprint density at radius 3 is 2.53 bits per heavy atom. The molecule has 0 spiro atoms. The highest BCUT2D eigenvalue weighted by Crippen LogP contribution is 2.34. The summed E-state index contributed by atoms with van der Waals surface area (Å²) in [5.74, 6) is -0.944. The number of rotatable bonds is 7. The molecule has 2 N–H and O–H groups in total. The summed E-state index contributed by atoms with van der Waals surface area (Å²) in [5, 5.41) is 24.9. The van der Waals surface area contributed by atoms with Crippen molar-refractivity contribution in [3.8, 4) is 17.2 Å². The van der Waals surface area contributed by atoms with Crippen LogP contribution in [-0.4, -0.2) is 20.6 Å². The average Bonchev–Trinajstić information content (AvgIpc) is 3.34. The molecule has 1 atom stereocenters. The van der Waals surface area contributed by atoms with E-state index in [0.717, 1.165) is 38.7 Å². The number of aryl methyl sites for hydroxylation is 1. The molecule has 0 aliphatic heterocycles. The second-order valence-corrected chi connectivity index (χ2v) is 8.69. The Hall–Kier alpha value is -4.73. The van der Waals surface area contributed by atoms with E-state index in [1.165, 1.54) is 0 Å². The molecule has 5 aromatic rings. The van der Waals surface area contributed by atoms with Gasteiger partial charge in [-0.25, -0.2) is 9.78 Å². The number of carboxylic acids is 1. The van der Waals surface area contributed by atoms with Gasteiger partial charge in [0, 0.05) is 19.2 Å². The lowest BCUT2D eigenvalue weighted by Crippen LogP contribution is -2.24. The fraction of sp³-hybridized carbons (Fsp3) is 0.100. The van der Waals surface area contributed by atoms with Gasteiger partial charge in [0.2, 0.25) is 0 Å². The molecule has 1 heterocycles. The van der Waals surface area contributed by atoms with Crippen LogP contribution in [0.1, 0.15) is 38.8 Å². The fourth-order valence-electron chi connectivity index (χ4n) is 4.55. The summed E-state index contributed by atoms with van der Waals surface area (Å²) >= 11 is 0. The third-order valence-corrected chi connectivity index (χ3v) is 6.44. The molecule has 0 bridgehead atoms. The number of carbonyl (C=O) groups is 1. The van der Waals surface area contributed by atoms with Gasteiger partial charge in [-0.2, -0.15) is 5.26 Å². The van der Waals surface area contributed by atoms with Gasteiger partial charge in [-0.3, -0.25) is 0 Å². The van der Waals surface area contributed by atoms with Gasteiger partial charge in [0.25, 0.3) is 0 Å². The van der Waals surface area contributed by atoms with Crippen LogP contribution in [0, 0.1) is 11.3 Å². The molecule has 0 saturated carbocycles. The molecule has 1 unspecified atom stereocenters. The van der Waals surface area contributed by atoms with Crippen LogP contribution in [0.4, 0.5) is 0 Å². The quantitative estimate of drug-likeness (QED) is 0.318. The second-order valence-electron chi connectivity index (χ2n) is 8.69. The van der Waals surface area contributed by atoms with E-state index >= 15 is 0 Å². The van der Waals surface area contributed by atoms with Gasteiger partial charge in [-0.15, -0.1) is 0 Å². The first kappa shape index (κ1) is 23.0. The number of carboxylic acid groups (broad SMARTS) is 1. The summed E-state index contributed by atoms with van der Waals surface area (Å²) in [6, 6.07) is 29.3. The summed E-state index contributed by atoms with van der Waals surface area (Å²) in [4.78, 5) is 15.5. The molecule has 5 rings (SSSR count). The predicted octanol–water partition coefficient (Wildman–Crippen LogP) is 5.69. The fourth-order valence-corrected chi connectivity index (χ4v) is 4.55. The van der Waals surface area contributed by atoms with Crippen molar-refractivity contribution < 1.29 is 9.90 Å². The minimum atomic E-state index is -0.944. The Morgan fingerprint density at radius 1 is 1.03 bits per heavy atom. The lowest BCUT2D eigenvalue weighted by Gasteiger charge is -2.21. The van der Waals surface area contributed by atoms with Crippen molar-refractivity contribution in [2.45, 2.75) is 12.6 Å². The molecule has 176 valence electrons. The molecule has 6 heteroatoms. The first-order chi connectivity index (χ1) is 17.5. The van der Waals surface area contributed by atoms with Gasteiger partial charge in [0.15, 0.2) is 0 Å². The normalized spacial score (nSPS) is 11.8. The van der Waals surface area contributed by atoms with Crippen molar-refractivity contribution in [3.63, 3.8) is 0 Å². The first-order valence-electron chi connectivity index (χ1n) is 11.6. The van der Waals surface area contributed by atoms with Gasteiger partial charge >= 0.3 is 5.97 Å². The maximum absolute atomic E-state index is 11.2. The zero-order valence-corrected chi connectivity index (χ0v) is 19.7. The predicted molar refractivity (Wildman–Crippen MR) is 139 cm³/mol. The third kappa shape index (κ3) is 4.48. The van der Waals surface area contributed by atoms with E-state index in [9.17, 15) is 15.2 Å². The first-order valence-corrected chi connectivity index (χ1v) is 11.6. The van der Waals surface area contributed by atoms with Crippen molar-refractivity contribution in [3.05, 3.63) is 125 Å². The summed E-state index contributed by atoms with van der Waals surface area (Å²) in [7, 11) is 1.95. The Bertz CT molecular complexity index is 1590. The summed E-state index contributed by atoms with van der Waals surface area (Å²) in [6.45, 7) is 0.527. The van der Waals surface area contributed by atoms with Crippen LogP contribution in [0.5, 0.6) is 0 Å². The Balaban J connectivity index is 1.56. The summed E-state index contributed by atoms with van der Waals surface area (Å²) in [6.07, 6.45) is 3.60. The number of imidazole rings is 1. The van der Waals surface area contributed by atoms with Crippen LogP contribution < -0.4 is 5.32 Å². The van der Waals surface area contributed by atoms with E-state index in [1.54, 1.807) is 18.5 Å². The molecule has 0 aliphatic carbocycles. The lowest BCUT2D eigenvalue weighted by atomic mass is 9.91. The highest BCUT2D eigenvalue weighted by atomic mass is 16.4. The number of nitriles is 1. The minimum Gasteiger partial charge on any atom is -0.478 e. The standard InChI is InChI=1S/C30H24N4O2/c1-34-19-32-18-28(34)29(33-17-20-9-11-22(12-10-20)30(35)36)23-13-14-24(16-31)27(15-23)26-8-4-6-21-5-2-3-7-25(21)26/h2-15,18-19,29,33H,17H2,1H3,(H,35,36). The molecule has 0 fully saturated rings. The van der Waals surface area contributed by atoms with E-state index < -0.39 is 5.97 Å². The molecule has 1 aromatic heterocycles. The van der Waals surface area contributed by atoms with Crippen LogP contribution in [0.2, 0.25) is 0 Å². The van der Waals surface area contributed by atoms with Crippen molar-refractivity contribution in [2.24, 2.45) is 7.05 Å². The second kappa shape index (κ2) is 9.87. The number of nitrogens with zero attached hydrogens (tertiary/aromatic N) is 3. The number of hydrogen-bond donors (Lipinski definition) is 2. The van der Waals surface area contributed by atoms with Crippen molar-refractivity contribution in [2.75, 3.05) is 0 Å². The van der Waals surface area contributed by atoms with Crippen LogP contribution in [0.3, 0.4) is 0 Å². The highest BCUT2D eigenvalue weighted by molar-refractivity contribution is 5.98. The van der Waals surface area contributed by atoms with Crippen LogP contribution in [0.25, 0.3) is 21.9 Å². The van der Waals surface area contributed by atoms with Crippen LogP contribution >= 0.6 is 0 Å². The van der Waals surface area contributed by atoms with E-state index in [0.29, 0.717) is 12.1 Å². The summed E-state index contributed by atoms with van der Waals surface area (Å²) < 4.78 is 1.97. The monoisotopic (exact) mass is 472 g/mol. The molecule has 0 saturated heterocycles. The third-order valence-electron chi connectivity index (χ3n) is 6.44. The maximum atomic E-state index is 11.2. The van der Waals surface area contributed by atoms with Crippen LogP contribution in [0.15, 0.2) is 97.5 Å². The number of aromatic carboxylic acids is 1. The summed E-state index contributed by atoms with van der Waals surface area (Å²) in [5.41, 5.74) is 5.71. The van der Waals surface area contributed by atoms with Crippen molar-refractivity contribution >= 4 is 16.7 Å². The number of aromatic nitrogens is 2. The zero-order chi connectivity index (χ0) is 25.1. The van der Waals surface area contributed by atoms with Crippen molar-refractivity contribution in [1.82, 2.24) is 14.9 Å². The van der Waals surface area contributed by atoms with E-state index in [-0.39, 0.29) is 11.6 Å². The van der Waals surface area contributed by atoms with E-state index in [4.69, 9.17) is 0 Å². The average molecular weight is 473 g/mol. The topological polar surface area (TPSA) is 90.9 Å². The van der Waals surface area contributed by atoms with Crippen LogP contribution in [-0.2, 0) is 13.6 Å². The Kier molecular flexibility index (Phi) is 6.31. The molecule has 0 radical (unpaired) electrons. The largest absolute Gasteiger partial charge is 0.478 e. The van der Waals surface area contributed by atoms with Gasteiger partial charge in [0.1, 0.15) is 0 Å². The SMILES string of the molecule is Cn1cncc1C(NCc1ccc(C(=O)O)cc1)c1ccc(C#N)c(-c2cccc3ccccc23)c1. The molecular formula is C30H24N4O2. The Labute approximate surface area is 209 Å². The molecule has 6 nitrogen and oxygen atoms in total. The van der Waals surface area contributed by atoms with E-state index in [2.05, 4.69) is 46.7 Å². The Morgan fingerprint density at radius 2 is 1.81 bits per heavy atom. The molecule has 36 heavy (non-hydrogen) atoms. The zero-order valence-electron chi connectivity index (χ0n) is 19.7. The number of fused-ring (bicyclic) bond motifs is 1. The van der Waals surface area contributed by atoms with Gasteiger partial charge in [0.05, 0.1) is 41.5 Å². The van der Waals surface area contributed by atoms with Gasteiger partial charge in [-0.1, -0.05) is 60.7 Å². The number of nitrogens with one attached hydrogen (secondary N) is 1. The maximum Gasteiger partial charge on any atom is 0.335 e. The number of benzene rings is 4. The molecule has 4 aromatic carbocycles. The highest BCUT2D eigenvalue weighted by Gasteiger charge is 2.20. The van der Waals surface area contributed by atoms with Crippen molar-refractivity contribution in [1.29, 1.82) is 5.26 Å². The lowest BCUT2D eigenvalue weighted by molar-refractivity contribution is 0.0697. The number of hydrogen-bond acceptors (Lipinski definition) is 4. The molecule has 0 aliphatic rings. The smallest absolute Gasteiger partial charge is 0.335 e.